The van der Waals surface area contributed by atoms with Gasteiger partial charge in [-0.2, -0.15) is 0 Å². The fourth-order valence-electron chi connectivity index (χ4n) is 2.48. The van der Waals surface area contributed by atoms with Gasteiger partial charge in [-0.1, -0.05) is 30.0 Å². The number of hydrogen-bond donors (Lipinski definition) is 2. The number of anilines is 1. The summed E-state index contributed by atoms with van der Waals surface area (Å²) >= 11 is 1.22. The van der Waals surface area contributed by atoms with E-state index in [-0.39, 0.29) is 11.7 Å². The first-order valence-corrected chi connectivity index (χ1v) is 9.46. The molecule has 0 aliphatic heterocycles. The minimum absolute atomic E-state index is 0.162. The highest BCUT2D eigenvalue weighted by Gasteiger charge is 2.13. The molecule has 0 aliphatic carbocycles. The minimum Gasteiger partial charge on any atom is -0.497 e. The number of amides is 1. The van der Waals surface area contributed by atoms with E-state index in [1.165, 1.54) is 16.4 Å². The normalized spacial score (nSPS) is 10.5. The molecule has 0 saturated carbocycles. The standard InChI is InChI=1S/C19H21N5O3S/c1-26-15-8-6-13(7-9-15)10-17-22-23-19(24(17)20)28-12-18(25)21-14-4-3-5-16(11-14)27-2/h3-9,11H,10,12,20H2,1-2H3,(H,21,25). The van der Waals surface area contributed by atoms with Crippen molar-refractivity contribution in [1.82, 2.24) is 14.9 Å². The summed E-state index contributed by atoms with van der Waals surface area (Å²) in [5, 5.41) is 11.5. The molecule has 8 nitrogen and oxygen atoms in total. The van der Waals surface area contributed by atoms with Crippen LogP contribution in [0.3, 0.4) is 0 Å². The Balaban J connectivity index is 1.56. The minimum atomic E-state index is -0.169. The summed E-state index contributed by atoms with van der Waals surface area (Å²) in [6.07, 6.45) is 0.532. The molecule has 0 spiro atoms. The number of carbonyl (C=O) groups excluding carboxylic acids is 1. The van der Waals surface area contributed by atoms with E-state index in [4.69, 9.17) is 15.3 Å². The lowest BCUT2D eigenvalue weighted by atomic mass is 10.1. The van der Waals surface area contributed by atoms with Crippen molar-refractivity contribution in [1.29, 1.82) is 0 Å². The number of hydrogen-bond acceptors (Lipinski definition) is 7. The van der Waals surface area contributed by atoms with E-state index in [1.54, 1.807) is 26.4 Å². The van der Waals surface area contributed by atoms with E-state index in [9.17, 15) is 4.79 Å². The van der Waals surface area contributed by atoms with Gasteiger partial charge in [0, 0.05) is 18.2 Å². The fraction of sp³-hybridized carbons (Fsp3) is 0.211. The van der Waals surface area contributed by atoms with Crippen LogP contribution in [0.25, 0.3) is 0 Å². The van der Waals surface area contributed by atoms with E-state index in [2.05, 4.69) is 15.5 Å². The molecule has 9 heteroatoms. The topological polar surface area (TPSA) is 104 Å². The maximum absolute atomic E-state index is 12.2. The molecule has 0 saturated heterocycles. The molecule has 0 unspecified atom stereocenters. The lowest BCUT2D eigenvalue weighted by molar-refractivity contribution is -0.113. The predicted octanol–water partition coefficient (Wildman–Crippen LogP) is 2.33. The van der Waals surface area contributed by atoms with Crippen molar-refractivity contribution in [3.8, 4) is 11.5 Å². The number of thioether (sulfide) groups is 1. The van der Waals surface area contributed by atoms with Gasteiger partial charge in [-0.15, -0.1) is 10.2 Å². The number of nitrogen functional groups attached to an aromatic ring is 1. The molecule has 0 atom stereocenters. The molecule has 28 heavy (non-hydrogen) atoms. The summed E-state index contributed by atoms with van der Waals surface area (Å²) < 4.78 is 11.7. The molecule has 0 fully saturated rings. The first kappa shape index (κ1) is 19.6. The van der Waals surface area contributed by atoms with Crippen molar-refractivity contribution in [2.45, 2.75) is 11.6 Å². The Morgan fingerprint density at radius 2 is 1.86 bits per heavy atom. The molecule has 0 aliphatic rings. The van der Waals surface area contributed by atoms with Crippen molar-refractivity contribution < 1.29 is 14.3 Å². The van der Waals surface area contributed by atoms with Crippen molar-refractivity contribution in [2.75, 3.05) is 31.1 Å². The van der Waals surface area contributed by atoms with Gasteiger partial charge in [0.05, 0.1) is 20.0 Å². The highest BCUT2D eigenvalue weighted by Crippen LogP contribution is 2.20. The van der Waals surface area contributed by atoms with Crippen molar-refractivity contribution >= 4 is 23.4 Å². The fourth-order valence-corrected chi connectivity index (χ4v) is 3.16. The first-order chi connectivity index (χ1) is 13.6. The van der Waals surface area contributed by atoms with Gasteiger partial charge in [0.1, 0.15) is 11.5 Å². The van der Waals surface area contributed by atoms with E-state index < -0.39 is 0 Å². The Morgan fingerprint density at radius 1 is 1.11 bits per heavy atom. The van der Waals surface area contributed by atoms with Crippen LogP contribution in [-0.2, 0) is 11.2 Å². The number of nitrogens with two attached hydrogens (primary N) is 1. The number of benzene rings is 2. The van der Waals surface area contributed by atoms with Crippen LogP contribution in [0.5, 0.6) is 11.5 Å². The molecule has 146 valence electrons. The highest BCUT2D eigenvalue weighted by atomic mass is 32.2. The Bertz CT molecular complexity index is 943. The number of nitrogens with one attached hydrogen (secondary N) is 1. The van der Waals surface area contributed by atoms with Gasteiger partial charge < -0.3 is 20.6 Å². The maximum atomic E-state index is 12.2. The second-order valence-electron chi connectivity index (χ2n) is 5.86. The quantitative estimate of drug-likeness (QED) is 0.442. The Morgan fingerprint density at radius 3 is 2.57 bits per heavy atom. The van der Waals surface area contributed by atoms with Gasteiger partial charge in [0.15, 0.2) is 5.82 Å². The summed E-state index contributed by atoms with van der Waals surface area (Å²) in [6.45, 7) is 0. The molecular weight excluding hydrogens is 378 g/mol. The van der Waals surface area contributed by atoms with Crippen molar-refractivity contribution in [3.63, 3.8) is 0 Å². The average molecular weight is 399 g/mol. The summed E-state index contributed by atoms with van der Waals surface area (Å²) in [5.41, 5.74) is 1.70. The van der Waals surface area contributed by atoms with Gasteiger partial charge in [-0.25, -0.2) is 4.68 Å². The van der Waals surface area contributed by atoms with Crippen LogP contribution < -0.4 is 20.6 Å². The van der Waals surface area contributed by atoms with Crippen LogP contribution in [-0.4, -0.2) is 40.8 Å². The third-order valence-corrected chi connectivity index (χ3v) is 4.89. The second-order valence-corrected chi connectivity index (χ2v) is 6.80. The molecule has 3 aromatic rings. The molecule has 3 N–H and O–H groups in total. The van der Waals surface area contributed by atoms with E-state index in [1.807, 2.05) is 36.4 Å². The second kappa shape index (κ2) is 9.14. The predicted molar refractivity (Wildman–Crippen MR) is 108 cm³/mol. The summed E-state index contributed by atoms with van der Waals surface area (Å²) in [5.74, 6) is 8.15. The average Bonchev–Trinajstić information content (AvgIpc) is 3.06. The first-order valence-electron chi connectivity index (χ1n) is 8.48. The number of aromatic nitrogens is 3. The molecule has 3 rings (SSSR count). The highest BCUT2D eigenvalue weighted by molar-refractivity contribution is 7.99. The summed E-state index contributed by atoms with van der Waals surface area (Å²) in [6, 6.07) is 14.8. The zero-order valence-corrected chi connectivity index (χ0v) is 16.4. The number of nitrogens with zero attached hydrogens (tertiary/aromatic N) is 3. The largest absolute Gasteiger partial charge is 0.497 e. The zero-order valence-electron chi connectivity index (χ0n) is 15.6. The molecule has 1 aromatic heterocycles. The van der Waals surface area contributed by atoms with Gasteiger partial charge in [-0.05, 0) is 29.8 Å². The van der Waals surface area contributed by atoms with E-state index in [0.29, 0.717) is 28.8 Å². The monoisotopic (exact) mass is 399 g/mol. The smallest absolute Gasteiger partial charge is 0.234 e. The lowest BCUT2D eigenvalue weighted by Crippen LogP contribution is -2.17. The molecule has 1 heterocycles. The maximum Gasteiger partial charge on any atom is 0.234 e. The zero-order chi connectivity index (χ0) is 19.9. The van der Waals surface area contributed by atoms with Gasteiger partial charge in [-0.3, -0.25) is 4.79 Å². The lowest BCUT2D eigenvalue weighted by Gasteiger charge is -2.07. The van der Waals surface area contributed by atoms with Crippen LogP contribution >= 0.6 is 11.8 Å². The van der Waals surface area contributed by atoms with Gasteiger partial charge in [0.2, 0.25) is 11.1 Å². The van der Waals surface area contributed by atoms with Crippen molar-refractivity contribution in [3.05, 3.63) is 59.9 Å². The number of ether oxygens (including phenoxy) is 2. The molecule has 1 amide bonds. The molecule has 2 aromatic carbocycles. The van der Waals surface area contributed by atoms with Gasteiger partial charge in [0.25, 0.3) is 0 Å². The Hall–Kier alpha value is -3.20. The molecule has 0 bridgehead atoms. The number of rotatable bonds is 8. The number of carbonyl (C=O) groups is 1. The molecular formula is C19H21N5O3S. The third kappa shape index (κ3) is 4.95. The molecule has 0 radical (unpaired) electrons. The van der Waals surface area contributed by atoms with Crippen LogP contribution in [0.2, 0.25) is 0 Å². The van der Waals surface area contributed by atoms with Gasteiger partial charge >= 0.3 is 0 Å². The Kier molecular flexibility index (Phi) is 6.38. The van der Waals surface area contributed by atoms with E-state index in [0.717, 1.165) is 11.3 Å². The van der Waals surface area contributed by atoms with E-state index >= 15 is 0 Å². The third-order valence-electron chi connectivity index (χ3n) is 3.94. The SMILES string of the molecule is COc1ccc(Cc2nnc(SCC(=O)Nc3cccc(OC)c3)n2N)cc1. The van der Waals surface area contributed by atoms with Crippen molar-refractivity contribution in [2.24, 2.45) is 0 Å². The van der Waals surface area contributed by atoms with Crippen LogP contribution in [0, 0.1) is 0 Å². The Labute approximate surface area is 167 Å². The van der Waals surface area contributed by atoms with Crippen LogP contribution in [0.15, 0.2) is 53.7 Å². The van der Waals surface area contributed by atoms with Crippen LogP contribution in [0.4, 0.5) is 5.69 Å². The number of methoxy groups -OCH3 is 2. The summed E-state index contributed by atoms with van der Waals surface area (Å²) in [4.78, 5) is 12.2. The summed E-state index contributed by atoms with van der Waals surface area (Å²) in [7, 11) is 3.20. The van der Waals surface area contributed by atoms with Crippen LogP contribution in [0.1, 0.15) is 11.4 Å².